The number of nitrogens with two attached hydrogens (primary N) is 1. The Balaban J connectivity index is 2.04. The molecule has 0 unspecified atom stereocenters. The summed E-state index contributed by atoms with van der Waals surface area (Å²) >= 11 is 0. The van der Waals surface area contributed by atoms with Gasteiger partial charge in [-0.2, -0.15) is 0 Å². The molecule has 1 rings (SSSR count). The fraction of sp³-hybridized carbons (Fsp3) is 0.867. The standard InChI is InChI=1S/C15H30N4O2/c1-12(2)14(16)15(21)18-11-13(20)17-7-6-10-19-8-4-3-5-9-19/h12,14H,3-11,16H2,1-2H3,(H,17,20)(H,18,21)/t14-/m0/s1. The first kappa shape index (κ1) is 17.9. The first-order valence-corrected chi connectivity index (χ1v) is 8.03. The lowest BCUT2D eigenvalue weighted by Gasteiger charge is -2.26. The van der Waals surface area contributed by atoms with Gasteiger partial charge in [-0.3, -0.25) is 9.59 Å². The number of likely N-dealkylation sites (tertiary alicyclic amines) is 1. The molecule has 2 amide bonds. The van der Waals surface area contributed by atoms with Gasteiger partial charge in [0, 0.05) is 6.54 Å². The molecule has 1 saturated heterocycles. The lowest BCUT2D eigenvalue weighted by molar-refractivity contribution is -0.127. The van der Waals surface area contributed by atoms with Gasteiger partial charge >= 0.3 is 0 Å². The molecule has 0 radical (unpaired) electrons. The van der Waals surface area contributed by atoms with Crippen molar-refractivity contribution in [3.8, 4) is 0 Å². The summed E-state index contributed by atoms with van der Waals surface area (Å²) in [6, 6.07) is -0.558. The van der Waals surface area contributed by atoms with E-state index in [1.807, 2.05) is 13.8 Å². The van der Waals surface area contributed by atoms with Crippen LogP contribution in [0.3, 0.4) is 0 Å². The third kappa shape index (κ3) is 7.43. The van der Waals surface area contributed by atoms with Gasteiger partial charge in [-0.15, -0.1) is 0 Å². The zero-order valence-electron chi connectivity index (χ0n) is 13.4. The lowest BCUT2D eigenvalue weighted by Crippen LogP contribution is -2.47. The maximum Gasteiger partial charge on any atom is 0.239 e. The minimum Gasteiger partial charge on any atom is -0.355 e. The van der Waals surface area contributed by atoms with E-state index in [2.05, 4.69) is 15.5 Å². The average molecular weight is 298 g/mol. The molecular weight excluding hydrogens is 268 g/mol. The fourth-order valence-electron chi connectivity index (χ4n) is 2.36. The zero-order valence-corrected chi connectivity index (χ0v) is 13.4. The van der Waals surface area contributed by atoms with Gasteiger partial charge in [-0.25, -0.2) is 0 Å². The fourth-order valence-corrected chi connectivity index (χ4v) is 2.36. The molecule has 0 bridgehead atoms. The van der Waals surface area contributed by atoms with Gasteiger partial charge in [-0.1, -0.05) is 20.3 Å². The highest BCUT2D eigenvalue weighted by Gasteiger charge is 2.17. The number of carbonyl (C=O) groups is 2. The summed E-state index contributed by atoms with van der Waals surface area (Å²) < 4.78 is 0. The maximum absolute atomic E-state index is 11.6. The molecule has 0 aromatic rings. The van der Waals surface area contributed by atoms with Crippen LogP contribution in [-0.2, 0) is 9.59 Å². The molecule has 1 atom stereocenters. The Morgan fingerprint density at radius 3 is 2.43 bits per heavy atom. The summed E-state index contributed by atoms with van der Waals surface area (Å²) in [6.45, 7) is 7.80. The van der Waals surface area contributed by atoms with Gasteiger partial charge in [0.1, 0.15) is 0 Å². The third-order valence-corrected chi connectivity index (χ3v) is 3.87. The van der Waals surface area contributed by atoms with Crippen molar-refractivity contribution in [3.05, 3.63) is 0 Å². The molecule has 1 aliphatic heterocycles. The molecule has 122 valence electrons. The Bertz CT molecular complexity index is 328. The highest BCUT2D eigenvalue weighted by molar-refractivity contribution is 5.87. The molecule has 0 aliphatic carbocycles. The van der Waals surface area contributed by atoms with Crippen molar-refractivity contribution in [2.45, 2.75) is 45.6 Å². The molecule has 0 spiro atoms. The minimum absolute atomic E-state index is 0.00294. The van der Waals surface area contributed by atoms with Gasteiger partial charge in [0.2, 0.25) is 11.8 Å². The number of hydrogen-bond donors (Lipinski definition) is 3. The van der Waals surface area contributed by atoms with Crippen LogP contribution in [0.4, 0.5) is 0 Å². The topological polar surface area (TPSA) is 87.5 Å². The second-order valence-corrected chi connectivity index (χ2v) is 6.09. The van der Waals surface area contributed by atoms with Crippen LogP contribution >= 0.6 is 0 Å². The van der Waals surface area contributed by atoms with Crippen LogP contribution in [0.25, 0.3) is 0 Å². The molecule has 21 heavy (non-hydrogen) atoms. The van der Waals surface area contributed by atoms with Crippen LogP contribution in [0.5, 0.6) is 0 Å². The van der Waals surface area contributed by atoms with Crippen molar-refractivity contribution in [2.24, 2.45) is 11.7 Å². The van der Waals surface area contributed by atoms with Gasteiger partial charge < -0.3 is 21.3 Å². The number of rotatable bonds is 8. The van der Waals surface area contributed by atoms with E-state index in [-0.39, 0.29) is 24.3 Å². The number of piperidine rings is 1. The van der Waals surface area contributed by atoms with Crippen molar-refractivity contribution in [1.29, 1.82) is 0 Å². The van der Waals surface area contributed by atoms with Crippen LogP contribution in [-0.4, -0.2) is 55.5 Å². The van der Waals surface area contributed by atoms with Gasteiger partial charge in [-0.05, 0) is 44.8 Å². The van der Waals surface area contributed by atoms with Crippen molar-refractivity contribution in [3.63, 3.8) is 0 Å². The lowest BCUT2D eigenvalue weighted by atomic mass is 10.1. The molecule has 4 N–H and O–H groups in total. The van der Waals surface area contributed by atoms with Crippen LogP contribution < -0.4 is 16.4 Å². The Labute approximate surface area is 127 Å². The normalized spacial score (nSPS) is 17.5. The van der Waals surface area contributed by atoms with Gasteiger partial charge in [0.25, 0.3) is 0 Å². The van der Waals surface area contributed by atoms with Crippen molar-refractivity contribution >= 4 is 11.8 Å². The summed E-state index contributed by atoms with van der Waals surface area (Å²) in [5, 5.41) is 5.39. The molecule has 6 heteroatoms. The summed E-state index contributed by atoms with van der Waals surface area (Å²) in [6.07, 6.45) is 4.86. The monoisotopic (exact) mass is 298 g/mol. The van der Waals surface area contributed by atoms with Crippen LogP contribution in [0.1, 0.15) is 39.5 Å². The minimum atomic E-state index is -0.558. The smallest absolute Gasteiger partial charge is 0.239 e. The van der Waals surface area contributed by atoms with E-state index >= 15 is 0 Å². The molecular formula is C15H30N4O2. The number of nitrogens with zero attached hydrogens (tertiary/aromatic N) is 1. The maximum atomic E-state index is 11.6. The Morgan fingerprint density at radius 2 is 1.81 bits per heavy atom. The van der Waals surface area contributed by atoms with E-state index in [1.165, 1.54) is 32.4 Å². The number of nitrogens with one attached hydrogen (secondary N) is 2. The highest BCUT2D eigenvalue weighted by atomic mass is 16.2. The zero-order chi connectivity index (χ0) is 15.7. The summed E-state index contributed by atoms with van der Waals surface area (Å²) in [5.41, 5.74) is 5.70. The summed E-state index contributed by atoms with van der Waals surface area (Å²) in [5.74, 6) is -0.357. The summed E-state index contributed by atoms with van der Waals surface area (Å²) in [4.78, 5) is 25.7. The Morgan fingerprint density at radius 1 is 1.14 bits per heavy atom. The molecule has 0 saturated carbocycles. The van der Waals surface area contributed by atoms with E-state index in [0.717, 1.165) is 13.0 Å². The van der Waals surface area contributed by atoms with Crippen LogP contribution in [0.2, 0.25) is 0 Å². The predicted octanol–water partition coefficient (Wildman–Crippen LogP) is 0.0781. The van der Waals surface area contributed by atoms with Crippen LogP contribution in [0.15, 0.2) is 0 Å². The molecule has 1 heterocycles. The average Bonchev–Trinajstić information content (AvgIpc) is 2.49. The molecule has 6 nitrogen and oxygen atoms in total. The summed E-state index contributed by atoms with van der Waals surface area (Å²) in [7, 11) is 0. The SMILES string of the molecule is CC(C)[C@H](N)C(=O)NCC(=O)NCCCN1CCCCC1. The Kier molecular flexibility index (Phi) is 8.30. The number of hydrogen-bond acceptors (Lipinski definition) is 4. The van der Waals surface area contributed by atoms with Gasteiger partial charge in [0.05, 0.1) is 12.6 Å². The second kappa shape index (κ2) is 9.73. The van der Waals surface area contributed by atoms with Crippen molar-refractivity contribution < 1.29 is 9.59 Å². The quantitative estimate of drug-likeness (QED) is 0.554. The second-order valence-electron chi connectivity index (χ2n) is 6.09. The predicted molar refractivity (Wildman–Crippen MR) is 83.7 cm³/mol. The van der Waals surface area contributed by atoms with E-state index in [9.17, 15) is 9.59 Å². The van der Waals surface area contributed by atoms with E-state index in [4.69, 9.17) is 5.73 Å². The molecule has 0 aromatic heterocycles. The van der Waals surface area contributed by atoms with E-state index in [1.54, 1.807) is 0 Å². The molecule has 0 aromatic carbocycles. The van der Waals surface area contributed by atoms with Crippen molar-refractivity contribution in [2.75, 3.05) is 32.7 Å². The van der Waals surface area contributed by atoms with Gasteiger partial charge in [0.15, 0.2) is 0 Å². The molecule has 1 aliphatic rings. The first-order chi connectivity index (χ1) is 10.0. The first-order valence-electron chi connectivity index (χ1n) is 8.03. The number of amides is 2. The Hall–Kier alpha value is -1.14. The van der Waals surface area contributed by atoms with Crippen molar-refractivity contribution in [1.82, 2.24) is 15.5 Å². The largest absolute Gasteiger partial charge is 0.355 e. The third-order valence-electron chi connectivity index (χ3n) is 3.87. The highest BCUT2D eigenvalue weighted by Crippen LogP contribution is 2.08. The van der Waals surface area contributed by atoms with Crippen LogP contribution in [0, 0.1) is 5.92 Å². The van der Waals surface area contributed by atoms with E-state index in [0.29, 0.717) is 6.54 Å². The molecule has 1 fully saturated rings. The van der Waals surface area contributed by atoms with E-state index < -0.39 is 6.04 Å². The number of carbonyl (C=O) groups excluding carboxylic acids is 2.